The van der Waals surface area contributed by atoms with Crippen LogP contribution in [0.3, 0.4) is 0 Å². The second-order valence-corrected chi connectivity index (χ2v) is 6.01. The summed E-state index contributed by atoms with van der Waals surface area (Å²) in [5.74, 6) is -0.0400. The lowest BCUT2D eigenvalue weighted by atomic mass is 9.75. The lowest BCUT2D eigenvalue weighted by Gasteiger charge is -2.34. The van der Waals surface area contributed by atoms with E-state index in [1.807, 2.05) is 0 Å². The molecule has 1 amide bonds. The van der Waals surface area contributed by atoms with E-state index in [0.717, 1.165) is 6.54 Å². The largest absolute Gasteiger partial charge is 0.379 e. The maximum Gasteiger partial charge on any atom is 0.242 e. The third-order valence-electron chi connectivity index (χ3n) is 4.24. The first kappa shape index (κ1) is 12.8. The fraction of sp³-hybridized carbons (Fsp3) is 0.923. The summed E-state index contributed by atoms with van der Waals surface area (Å²) in [6.07, 6.45) is 6.95. The average molecular weight is 240 g/mol. The van der Waals surface area contributed by atoms with Crippen molar-refractivity contribution in [3.8, 4) is 0 Å². The molecule has 0 spiro atoms. The van der Waals surface area contributed by atoms with Crippen LogP contribution in [0.25, 0.3) is 0 Å². The van der Waals surface area contributed by atoms with Gasteiger partial charge in [0.1, 0.15) is 5.54 Å². The van der Waals surface area contributed by atoms with Gasteiger partial charge in [0.2, 0.25) is 5.91 Å². The third-order valence-corrected chi connectivity index (χ3v) is 4.24. The summed E-state index contributed by atoms with van der Waals surface area (Å²) in [5, 5.41) is 3.03. The molecule has 98 valence electrons. The van der Waals surface area contributed by atoms with Gasteiger partial charge < -0.3 is 15.8 Å². The molecule has 2 fully saturated rings. The van der Waals surface area contributed by atoms with Crippen LogP contribution in [0, 0.1) is 5.41 Å². The molecular formula is C13H24N2O2. The molecule has 4 heteroatoms. The summed E-state index contributed by atoms with van der Waals surface area (Å²) in [7, 11) is 0. The second-order valence-electron chi connectivity index (χ2n) is 6.01. The van der Waals surface area contributed by atoms with Gasteiger partial charge in [-0.1, -0.05) is 26.2 Å². The normalized spacial score (nSPS) is 32.4. The first-order valence-electron chi connectivity index (χ1n) is 6.69. The van der Waals surface area contributed by atoms with Gasteiger partial charge in [-0.15, -0.1) is 0 Å². The summed E-state index contributed by atoms with van der Waals surface area (Å²) in [6.45, 7) is 3.97. The zero-order chi connectivity index (χ0) is 12.4. The molecular weight excluding hydrogens is 216 g/mol. The number of carbonyl (C=O) groups excluding carboxylic acids is 1. The molecule has 1 atom stereocenters. The molecule has 1 saturated carbocycles. The number of ether oxygens (including phenoxy) is 1. The van der Waals surface area contributed by atoms with E-state index in [1.165, 1.54) is 32.1 Å². The van der Waals surface area contributed by atoms with Crippen LogP contribution in [0.15, 0.2) is 0 Å². The first-order valence-corrected chi connectivity index (χ1v) is 6.69. The minimum atomic E-state index is -0.787. The van der Waals surface area contributed by atoms with Crippen LogP contribution in [-0.4, -0.2) is 31.2 Å². The first-order chi connectivity index (χ1) is 8.04. The van der Waals surface area contributed by atoms with Crippen molar-refractivity contribution in [2.24, 2.45) is 11.1 Å². The second kappa shape index (κ2) is 4.94. The Bertz CT molecular complexity index is 279. The maximum absolute atomic E-state index is 12.0. The van der Waals surface area contributed by atoms with Crippen molar-refractivity contribution in [3.05, 3.63) is 0 Å². The highest BCUT2D eigenvalue weighted by atomic mass is 16.5. The summed E-state index contributed by atoms with van der Waals surface area (Å²) < 4.78 is 5.21. The van der Waals surface area contributed by atoms with Gasteiger partial charge in [0.25, 0.3) is 0 Å². The van der Waals surface area contributed by atoms with Crippen LogP contribution in [0.1, 0.15) is 45.4 Å². The van der Waals surface area contributed by atoms with Gasteiger partial charge in [-0.2, -0.15) is 0 Å². The van der Waals surface area contributed by atoms with Crippen LogP contribution in [0.5, 0.6) is 0 Å². The summed E-state index contributed by atoms with van der Waals surface area (Å²) >= 11 is 0. The Balaban J connectivity index is 1.83. The van der Waals surface area contributed by atoms with Crippen molar-refractivity contribution in [1.29, 1.82) is 0 Å². The summed E-state index contributed by atoms with van der Waals surface area (Å²) in [5.41, 5.74) is 5.51. The number of nitrogens with two attached hydrogens (primary N) is 1. The smallest absolute Gasteiger partial charge is 0.242 e. The minimum Gasteiger partial charge on any atom is -0.379 e. The van der Waals surface area contributed by atoms with Gasteiger partial charge in [0, 0.05) is 13.2 Å². The highest BCUT2D eigenvalue weighted by Gasteiger charge is 2.39. The Morgan fingerprint density at radius 2 is 2.00 bits per heavy atom. The summed E-state index contributed by atoms with van der Waals surface area (Å²) in [6, 6.07) is 0. The number of rotatable bonds is 3. The standard InChI is InChI=1S/C13H24N2O2/c1-12(5-3-2-4-6-12)9-15-11(16)13(14)7-8-17-10-13/h2-10,14H2,1H3,(H,15,16). The topological polar surface area (TPSA) is 64.4 Å². The molecule has 0 aromatic rings. The van der Waals surface area contributed by atoms with Crippen molar-refractivity contribution in [2.45, 2.75) is 51.0 Å². The predicted molar refractivity (Wildman–Crippen MR) is 66.6 cm³/mol. The monoisotopic (exact) mass is 240 g/mol. The molecule has 17 heavy (non-hydrogen) atoms. The van der Waals surface area contributed by atoms with Crippen molar-refractivity contribution < 1.29 is 9.53 Å². The van der Waals surface area contributed by atoms with E-state index < -0.39 is 5.54 Å². The molecule has 0 bridgehead atoms. The van der Waals surface area contributed by atoms with E-state index in [0.29, 0.717) is 19.6 Å². The fourth-order valence-corrected chi connectivity index (χ4v) is 2.81. The molecule has 0 aromatic heterocycles. The number of hydrogen-bond donors (Lipinski definition) is 2. The SMILES string of the molecule is CC1(CNC(=O)C2(N)CCOC2)CCCCC1. The van der Waals surface area contributed by atoms with Crippen LogP contribution in [0.2, 0.25) is 0 Å². The van der Waals surface area contributed by atoms with Gasteiger partial charge in [0.05, 0.1) is 6.61 Å². The molecule has 1 heterocycles. The molecule has 1 aliphatic carbocycles. The highest BCUT2D eigenvalue weighted by molar-refractivity contribution is 5.86. The number of amides is 1. The van der Waals surface area contributed by atoms with Crippen LogP contribution in [-0.2, 0) is 9.53 Å². The fourth-order valence-electron chi connectivity index (χ4n) is 2.81. The minimum absolute atomic E-state index is 0.0400. The molecule has 0 aromatic carbocycles. The number of nitrogens with one attached hydrogen (secondary N) is 1. The van der Waals surface area contributed by atoms with E-state index in [1.54, 1.807) is 0 Å². The lowest BCUT2D eigenvalue weighted by Crippen LogP contribution is -2.56. The van der Waals surface area contributed by atoms with E-state index in [2.05, 4.69) is 12.2 Å². The van der Waals surface area contributed by atoms with Crippen LogP contribution >= 0.6 is 0 Å². The van der Waals surface area contributed by atoms with Crippen molar-refractivity contribution in [1.82, 2.24) is 5.32 Å². The Labute approximate surface area is 103 Å². The van der Waals surface area contributed by atoms with E-state index in [4.69, 9.17) is 10.5 Å². The predicted octanol–water partition coefficient (Wildman–Crippen LogP) is 1.19. The number of hydrogen-bond acceptors (Lipinski definition) is 3. The van der Waals surface area contributed by atoms with Crippen LogP contribution < -0.4 is 11.1 Å². The van der Waals surface area contributed by atoms with E-state index in [9.17, 15) is 4.79 Å². The molecule has 0 radical (unpaired) electrons. The van der Waals surface area contributed by atoms with Crippen molar-refractivity contribution in [3.63, 3.8) is 0 Å². The van der Waals surface area contributed by atoms with E-state index >= 15 is 0 Å². The lowest BCUT2D eigenvalue weighted by molar-refractivity contribution is -0.127. The van der Waals surface area contributed by atoms with Gasteiger partial charge in [-0.3, -0.25) is 4.79 Å². The van der Waals surface area contributed by atoms with Crippen molar-refractivity contribution >= 4 is 5.91 Å². The average Bonchev–Trinajstić information content (AvgIpc) is 2.75. The molecule has 3 N–H and O–H groups in total. The molecule has 2 rings (SSSR count). The number of carbonyl (C=O) groups is 1. The van der Waals surface area contributed by atoms with Gasteiger partial charge in [0.15, 0.2) is 0 Å². The third kappa shape index (κ3) is 2.99. The zero-order valence-corrected chi connectivity index (χ0v) is 10.8. The van der Waals surface area contributed by atoms with Gasteiger partial charge in [-0.05, 0) is 24.7 Å². The maximum atomic E-state index is 12.0. The highest BCUT2D eigenvalue weighted by Crippen LogP contribution is 2.35. The molecule has 2 aliphatic rings. The Morgan fingerprint density at radius 1 is 1.29 bits per heavy atom. The Morgan fingerprint density at radius 3 is 2.59 bits per heavy atom. The molecule has 4 nitrogen and oxygen atoms in total. The van der Waals surface area contributed by atoms with Gasteiger partial charge in [-0.25, -0.2) is 0 Å². The molecule has 1 saturated heterocycles. The summed E-state index contributed by atoms with van der Waals surface area (Å²) in [4.78, 5) is 12.0. The Kier molecular flexibility index (Phi) is 3.73. The molecule has 1 aliphatic heterocycles. The van der Waals surface area contributed by atoms with Crippen LogP contribution in [0.4, 0.5) is 0 Å². The van der Waals surface area contributed by atoms with E-state index in [-0.39, 0.29) is 11.3 Å². The van der Waals surface area contributed by atoms with Crippen molar-refractivity contribution in [2.75, 3.05) is 19.8 Å². The molecule has 1 unspecified atom stereocenters. The quantitative estimate of drug-likeness (QED) is 0.779. The zero-order valence-electron chi connectivity index (χ0n) is 10.8. The Hall–Kier alpha value is -0.610. The van der Waals surface area contributed by atoms with Gasteiger partial charge >= 0.3 is 0 Å².